The van der Waals surface area contributed by atoms with Crippen LogP contribution in [-0.4, -0.2) is 35.2 Å². The molecule has 1 heterocycles. The van der Waals surface area contributed by atoms with Crippen LogP contribution in [0.4, 0.5) is 0 Å². The summed E-state index contributed by atoms with van der Waals surface area (Å²) in [4.78, 5) is 2.57. The van der Waals surface area contributed by atoms with Gasteiger partial charge in [-0.05, 0) is 51.6 Å². The van der Waals surface area contributed by atoms with Crippen LogP contribution in [0.15, 0.2) is 0 Å². The minimum absolute atomic E-state index is 0.0558. The third-order valence-electron chi connectivity index (χ3n) is 4.42. The van der Waals surface area contributed by atoms with Gasteiger partial charge >= 0.3 is 0 Å². The van der Waals surface area contributed by atoms with Crippen LogP contribution in [0.1, 0.15) is 51.4 Å². The van der Waals surface area contributed by atoms with E-state index in [1.165, 1.54) is 32.2 Å². The molecular formula is C14H24N2O. The topological polar surface area (TPSA) is 47.3 Å². The van der Waals surface area contributed by atoms with Crippen LogP contribution in [0.5, 0.6) is 0 Å². The van der Waals surface area contributed by atoms with Gasteiger partial charge in [0.05, 0.1) is 12.2 Å². The van der Waals surface area contributed by atoms with Gasteiger partial charge in [-0.25, -0.2) is 0 Å². The van der Waals surface area contributed by atoms with Crippen LogP contribution in [0, 0.1) is 17.2 Å². The lowest BCUT2D eigenvalue weighted by molar-refractivity contribution is 0.0741. The van der Waals surface area contributed by atoms with Crippen LogP contribution in [0.3, 0.4) is 0 Å². The van der Waals surface area contributed by atoms with Crippen molar-refractivity contribution in [3.8, 4) is 6.07 Å². The molecule has 1 saturated heterocycles. The maximum absolute atomic E-state index is 10.0. The Hall–Kier alpha value is -0.590. The molecule has 1 aliphatic carbocycles. The summed E-state index contributed by atoms with van der Waals surface area (Å²) in [5.41, 5.74) is 0. The fourth-order valence-electron chi connectivity index (χ4n) is 3.55. The van der Waals surface area contributed by atoms with Crippen molar-refractivity contribution in [2.24, 2.45) is 5.92 Å². The van der Waals surface area contributed by atoms with Gasteiger partial charge in [-0.3, -0.25) is 0 Å². The summed E-state index contributed by atoms with van der Waals surface area (Å²) in [5.74, 6) is 0.522. The van der Waals surface area contributed by atoms with Crippen LogP contribution >= 0.6 is 0 Å². The number of hydrogen-bond acceptors (Lipinski definition) is 3. The average Bonchev–Trinajstić information content (AvgIpc) is 2.93. The molecule has 0 spiro atoms. The second-order valence-corrected chi connectivity index (χ2v) is 5.52. The van der Waals surface area contributed by atoms with E-state index in [2.05, 4.69) is 11.0 Å². The lowest BCUT2D eigenvalue weighted by Gasteiger charge is -2.31. The second kappa shape index (κ2) is 6.37. The van der Waals surface area contributed by atoms with Crippen LogP contribution in [-0.2, 0) is 0 Å². The van der Waals surface area contributed by atoms with Gasteiger partial charge in [0.15, 0.2) is 0 Å². The Morgan fingerprint density at radius 3 is 2.76 bits per heavy atom. The third kappa shape index (κ3) is 3.20. The third-order valence-corrected chi connectivity index (χ3v) is 4.42. The van der Waals surface area contributed by atoms with Crippen molar-refractivity contribution in [3.63, 3.8) is 0 Å². The first-order valence-electron chi connectivity index (χ1n) is 7.12. The number of rotatable bonds is 5. The molecule has 96 valence electrons. The fourth-order valence-corrected chi connectivity index (χ4v) is 3.55. The molecule has 2 rings (SSSR count). The smallest absolute Gasteiger partial charge is 0.0621 e. The molecule has 17 heavy (non-hydrogen) atoms. The summed E-state index contributed by atoms with van der Waals surface area (Å²) in [6.07, 6.45) is 8.74. The highest BCUT2D eigenvalue weighted by Crippen LogP contribution is 2.35. The lowest BCUT2D eigenvalue weighted by atomic mass is 9.94. The molecule has 1 saturated carbocycles. The predicted octanol–water partition coefficient (Wildman–Crippen LogP) is 2.31. The number of hydrogen-bond donors (Lipinski definition) is 1. The molecule has 3 atom stereocenters. The Bertz CT molecular complexity index is 274. The second-order valence-electron chi connectivity index (χ2n) is 5.52. The minimum atomic E-state index is -0.0558. The number of nitriles is 1. The quantitative estimate of drug-likeness (QED) is 0.745. The Morgan fingerprint density at radius 1 is 1.18 bits per heavy atom. The summed E-state index contributed by atoms with van der Waals surface area (Å²) in [7, 11) is 0. The molecule has 1 N–H and O–H groups in total. The summed E-state index contributed by atoms with van der Waals surface area (Å²) in [6.45, 7) is 2.32. The van der Waals surface area contributed by atoms with Gasteiger partial charge < -0.3 is 10.0 Å². The molecule has 0 amide bonds. The summed E-state index contributed by atoms with van der Waals surface area (Å²) in [5, 5.41) is 18.5. The Labute approximate surface area is 104 Å². The standard InChI is InChI=1S/C14H24N2O/c15-9-2-1-3-10-16-11-5-7-13(16)12-6-4-8-14(12)17/h12-14,17H,1-8,10-11H2. The predicted molar refractivity (Wildman–Crippen MR) is 67.4 cm³/mol. The first-order valence-corrected chi connectivity index (χ1v) is 7.12. The Kier molecular flexibility index (Phi) is 4.82. The van der Waals surface area contributed by atoms with Crippen molar-refractivity contribution >= 4 is 0 Å². The summed E-state index contributed by atoms with van der Waals surface area (Å²) < 4.78 is 0. The normalized spacial score (nSPS) is 34.0. The number of likely N-dealkylation sites (tertiary alicyclic amines) is 1. The van der Waals surface area contributed by atoms with E-state index < -0.39 is 0 Å². The largest absolute Gasteiger partial charge is 0.393 e. The van der Waals surface area contributed by atoms with Crippen molar-refractivity contribution in [3.05, 3.63) is 0 Å². The highest BCUT2D eigenvalue weighted by atomic mass is 16.3. The van der Waals surface area contributed by atoms with Gasteiger partial charge in [0.2, 0.25) is 0 Å². The fraction of sp³-hybridized carbons (Fsp3) is 0.929. The Balaban J connectivity index is 1.78. The van der Waals surface area contributed by atoms with Gasteiger partial charge in [0.1, 0.15) is 0 Å². The van der Waals surface area contributed by atoms with Gasteiger partial charge in [-0.1, -0.05) is 6.42 Å². The molecule has 3 heteroatoms. The van der Waals surface area contributed by atoms with Crippen LogP contribution in [0.25, 0.3) is 0 Å². The lowest BCUT2D eigenvalue weighted by Crippen LogP contribution is -2.39. The molecule has 2 fully saturated rings. The number of unbranched alkanes of at least 4 members (excludes halogenated alkanes) is 2. The zero-order chi connectivity index (χ0) is 12.1. The first kappa shape index (κ1) is 12.9. The molecule has 0 aromatic carbocycles. The van der Waals surface area contributed by atoms with E-state index in [9.17, 15) is 5.11 Å². The summed E-state index contributed by atoms with van der Waals surface area (Å²) in [6, 6.07) is 2.83. The van der Waals surface area contributed by atoms with E-state index in [0.717, 1.165) is 25.8 Å². The molecule has 0 bridgehead atoms. The van der Waals surface area contributed by atoms with E-state index in [0.29, 0.717) is 18.4 Å². The van der Waals surface area contributed by atoms with Crippen molar-refractivity contribution in [1.29, 1.82) is 5.26 Å². The molecule has 0 aromatic heterocycles. The Morgan fingerprint density at radius 2 is 2.06 bits per heavy atom. The van der Waals surface area contributed by atoms with Crippen molar-refractivity contribution in [2.75, 3.05) is 13.1 Å². The zero-order valence-electron chi connectivity index (χ0n) is 10.6. The highest BCUT2D eigenvalue weighted by molar-refractivity contribution is 4.91. The monoisotopic (exact) mass is 236 g/mol. The first-order chi connectivity index (χ1) is 8.33. The average molecular weight is 236 g/mol. The number of aliphatic hydroxyl groups is 1. The van der Waals surface area contributed by atoms with E-state index >= 15 is 0 Å². The van der Waals surface area contributed by atoms with Crippen molar-refractivity contribution in [1.82, 2.24) is 4.90 Å². The van der Waals surface area contributed by atoms with Gasteiger partial charge in [-0.15, -0.1) is 0 Å². The number of nitrogens with zero attached hydrogens (tertiary/aromatic N) is 2. The molecular weight excluding hydrogens is 212 g/mol. The molecule has 3 nitrogen and oxygen atoms in total. The van der Waals surface area contributed by atoms with Crippen molar-refractivity contribution < 1.29 is 5.11 Å². The van der Waals surface area contributed by atoms with Gasteiger partial charge in [0, 0.05) is 18.4 Å². The maximum atomic E-state index is 10.0. The molecule has 0 radical (unpaired) electrons. The SMILES string of the molecule is N#CCCCCN1CCCC1C1CCCC1O. The van der Waals surface area contributed by atoms with E-state index in [4.69, 9.17) is 5.26 Å². The maximum Gasteiger partial charge on any atom is 0.0621 e. The highest BCUT2D eigenvalue weighted by Gasteiger charge is 2.37. The van der Waals surface area contributed by atoms with E-state index in [1.54, 1.807) is 0 Å². The molecule has 2 aliphatic rings. The van der Waals surface area contributed by atoms with Crippen LogP contribution in [0.2, 0.25) is 0 Å². The molecule has 3 unspecified atom stereocenters. The summed E-state index contributed by atoms with van der Waals surface area (Å²) >= 11 is 0. The van der Waals surface area contributed by atoms with Gasteiger partial charge in [-0.2, -0.15) is 5.26 Å². The van der Waals surface area contributed by atoms with Crippen molar-refractivity contribution in [2.45, 2.75) is 63.5 Å². The van der Waals surface area contributed by atoms with E-state index in [-0.39, 0.29) is 6.10 Å². The molecule has 1 aliphatic heterocycles. The molecule has 0 aromatic rings. The van der Waals surface area contributed by atoms with Gasteiger partial charge in [0.25, 0.3) is 0 Å². The van der Waals surface area contributed by atoms with Crippen LogP contribution < -0.4 is 0 Å². The van der Waals surface area contributed by atoms with E-state index in [1.807, 2.05) is 0 Å². The zero-order valence-corrected chi connectivity index (χ0v) is 10.6. The minimum Gasteiger partial charge on any atom is -0.393 e. The number of aliphatic hydroxyl groups excluding tert-OH is 1.